The number of aromatic amines is 1. The quantitative estimate of drug-likeness (QED) is 0.662. The third-order valence-corrected chi connectivity index (χ3v) is 5.79. The molecule has 152 valence electrons. The Hall–Kier alpha value is -2.77. The lowest BCUT2D eigenvalue weighted by Crippen LogP contribution is -2.46. The number of anilines is 1. The largest absolute Gasteiger partial charge is 0.480 e. The zero-order valence-corrected chi connectivity index (χ0v) is 17.2. The van der Waals surface area contributed by atoms with Crippen LogP contribution >= 0.6 is 11.6 Å². The lowest BCUT2D eigenvalue weighted by molar-refractivity contribution is 0.0699. The predicted octanol–water partition coefficient (Wildman–Crippen LogP) is 3.73. The summed E-state index contributed by atoms with van der Waals surface area (Å²) in [6.45, 7) is 7.09. The monoisotopic (exact) mass is 414 g/mol. The molecule has 1 aromatic carbocycles. The number of benzene rings is 1. The van der Waals surface area contributed by atoms with Crippen LogP contribution in [0.1, 0.15) is 17.3 Å². The van der Waals surface area contributed by atoms with Crippen LogP contribution in [0, 0.1) is 0 Å². The molecule has 4 rings (SSSR count). The van der Waals surface area contributed by atoms with Crippen LogP contribution in [0.4, 0.5) is 5.82 Å². The van der Waals surface area contributed by atoms with E-state index in [1.165, 1.54) is 6.20 Å². The number of hydrogen-bond donors (Lipinski definition) is 2. The average Bonchev–Trinajstić information content (AvgIpc) is 3.15. The Kier molecular flexibility index (Phi) is 5.34. The number of rotatable bonds is 5. The number of aromatic nitrogens is 2. The number of methoxy groups -OCH3 is 1. The maximum atomic E-state index is 11.5. The van der Waals surface area contributed by atoms with E-state index in [0.29, 0.717) is 27.4 Å². The molecule has 1 fully saturated rings. The minimum atomic E-state index is -0.990. The first kappa shape index (κ1) is 19.5. The molecule has 7 nitrogen and oxygen atoms in total. The summed E-state index contributed by atoms with van der Waals surface area (Å²) < 4.78 is 5.57. The molecule has 2 aromatic heterocycles. The van der Waals surface area contributed by atoms with Crippen molar-refractivity contribution >= 4 is 34.3 Å². The number of carbonyl (C=O) groups is 1. The molecular weight excluding hydrogens is 392 g/mol. The number of nitrogens with one attached hydrogen (secondary N) is 1. The van der Waals surface area contributed by atoms with Crippen molar-refractivity contribution in [1.29, 1.82) is 0 Å². The second kappa shape index (κ2) is 7.93. The normalized spacial score (nSPS) is 15.1. The summed E-state index contributed by atoms with van der Waals surface area (Å²) in [6, 6.07) is 7.41. The zero-order chi connectivity index (χ0) is 20.5. The fourth-order valence-corrected chi connectivity index (χ4v) is 4.05. The molecule has 0 aliphatic carbocycles. The zero-order valence-electron chi connectivity index (χ0n) is 16.4. The molecule has 1 saturated heterocycles. The number of carboxylic acids is 1. The average molecular weight is 415 g/mol. The Balaban J connectivity index is 1.72. The highest BCUT2D eigenvalue weighted by Gasteiger charge is 2.20. The summed E-state index contributed by atoms with van der Waals surface area (Å²) in [7, 11) is 1.58. The van der Waals surface area contributed by atoms with Crippen LogP contribution in [-0.4, -0.2) is 65.8 Å². The van der Waals surface area contributed by atoms with Crippen molar-refractivity contribution in [3.63, 3.8) is 0 Å². The second-order valence-electron chi connectivity index (χ2n) is 7.03. The Morgan fingerprint density at radius 2 is 2.00 bits per heavy atom. The number of hydrogen-bond acceptors (Lipinski definition) is 5. The summed E-state index contributed by atoms with van der Waals surface area (Å²) in [5.41, 5.74) is 2.30. The standard InChI is InChI=1S/C21H23ClN4O3/c1-3-25-6-8-26(9-7-25)19-5-4-13(20(24-19)29-2)14-10-15-16(21(27)28)12-23-18(15)11-17(14)22/h4-5,10-12,23H,3,6-9H2,1-2H3,(H,27,28). The summed E-state index contributed by atoms with van der Waals surface area (Å²) in [5.74, 6) is 0.344. The molecule has 0 amide bonds. The van der Waals surface area contributed by atoms with Gasteiger partial charge in [-0.3, -0.25) is 0 Å². The van der Waals surface area contributed by atoms with Crippen LogP contribution in [0.25, 0.3) is 22.0 Å². The third-order valence-electron chi connectivity index (χ3n) is 5.47. The molecule has 0 radical (unpaired) electrons. The van der Waals surface area contributed by atoms with Gasteiger partial charge in [0.1, 0.15) is 5.82 Å². The lowest BCUT2D eigenvalue weighted by Gasteiger charge is -2.34. The third kappa shape index (κ3) is 3.63. The molecule has 1 aliphatic rings. The number of fused-ring (bicyclic) bond motifs is 1. The van der Waals surface area contributed by atoms with Gasteiger partial charge >= 0.3 is 5.97 Å². The lowest BCUT2D eigenvalue weighted by atomic mass is 10.0. The van der Waals surface area contributed by atoms with Gasteiger partial charge in [0.15, 0.2) is 0 Å². The van der Waals surface area contributed by atoms with Crippen LogP contribution < -0.4 is 9.64 Å². The number of likely N-dealkylation sites (N-methyl/N-ethyl adjacent to an activating group) is 1. The number of carboxylic acid groups (broad SMARTS) is 1. The van der Waals surface area contributed by atoms with Crippen molar-refractivity contribution in [2.45, 2.75) is 6.92 Å². The van der Waals surface area contributed by atoms with E-state index in [1.54, 1.807) is 19.2 Å². The van der Waals surface area contributed by atoms with Crippen molar-refractivity contribution in [3.05, 3.63) is 41.0 Å². The highest BCUT2D eigenvalue weighted by atomic mass is 35.5. The molecule has 1 aliphatic heterocycles. The molecule has 3 heterocycles. The summed E-state index contributed by atoms with van der Waals surface area (Å²) in [4.78, 5) is 23.8. The minimum Gasteiger partial charge on any atom is -0.480 e. The maximum Gasteiger partial charge on any atom is 0.337 e. The van der Waals surface area contributed by atoms with Gasteiger partial charge in [-0.25, -0.2) is 4.79 Å². The van der Waals surface area contributed by atoms with Crippen molar-refractivity contribution in [1.82, 2.24) is 14.9 Å². The number of aromatic carboxylic acids is 1. The topological polar surface area (TPSA) is 81.7 Å². The van der Waals surface area contributed by atoms with Crippen molar-refractivity contribution in [2.24, 2.45) is 0 Å². The molecule has 8 heteroatoms. The number of pyridine rings is 1. The summed E-state index contributed by atoms with van der Waals surface area (Å²) in [5, 5.41) is 10.5. The van der Waals surface area contributed by atoms with Crippen LogP contribution in [0.3, 0.4) is 0 Å². The molecule has 0 saturated carbocycles. The van der Waals surface area contributed by atoms with E-state index >= 15 is 0 Å². The van der Waals surface area contributed by atoms with Gasteiger partial charge in [0.25, 0.3) is 0 Å². The van der Waals surface area contributed by atoms with E-state index in [-0.39, 0.29) is 5.56 Å². The van der Waals surface area contributed by atoms with Crippen LogP contribution in [-0.2, 0) is 0 Å². The molecule has 0 atom stereocenters. The van der Waals surface area contributed by atoms with Crippen LogP contribution in [0.2, 0.25) is 5.02 Å². The van der Waals surface area contributed by atoms with Gasteiger partial charge in [0, 0.05) is 54.4 Å². The van der Waals surface area contributed by atoms with Crippen molar-refractivity contribution in [3.8, 4) is 17.0 Å². The highest BCUT2D eigenvalue weighted by Crippen LogP contribution is 2.38. The smallest absolute Gasteiger partial charge is 0.337 e. The SMILES string of the molecule is CCN1CCN(c2ccc(-c3cc4c(C(=O)O)c[nH]c4cc3Cl)c(OC)n2)CC1. The van der Waals surface area contributed by atoms with E-state index in [0.717, 1.165) is 44.1 Å². The number of H-pyrrole nitrogens is 1. The minimum absolute atomic E-state index is 0.204. The van der Waals surface area contributed by atoms with E-state index in [4.69, 9.17) is 21.3 Å². The van der Waals surface area contributed by atoms with Crippen molar-refractivity contribution < 1.29 is 14.6 Å². The molecule has 0 bridgehead atoms. The second-order valence-corrected chi connectivity index (χ2v) is 7.44. The van der Waals surface area contributed by atoms with Crippen LogP contribution in [0.15, 0.2) is 30.5 Å². The van der Waals surface area contributed by atoms with Gasteiger partial charge in [0.05, 0.1) is 17.7 Å². The Labute approximate surface area is 173 Å². The molecule has 0 unspecified atom stereocenters. The van der Waals surface area contributed by atoms with Gasteiger partial charge in [-0.05, 0) is 30.8 Å². The number of ether oxygens (including phenoxy) is 1. The summed E-state index contributed by atoms with van der Waals surface area (Å²) >= 11 is 6.51. The molecule has 3 aromatic rings. The van der Waals surface area contributed by atoms with E-state index in [1.807, 2.05) is 12.1 Å². The van der Waals surface area contributed by atoms with Gasteiger partial charge in [-0.2, -0.15) is 4.98 Å². The summed E-state index contributed by atoms with van der Waals surface area (Å²) in [6.07, 6.45) is 1.47. The first-order valence-electron chi connectivity index (χ1n) is 9.58. The maximum absolute atomic E-state index is 11.5. The fraction of sp³-hybridized carbons (Fsp3) is 0.333. The molecule has 29 heavy (non-hydrogen) atoms. The van der Waals surface area contributed by atoms with E-state index in [2.05, 4.69) is 21.7 Å². The number of piperazine rings is 1. The Morgan fingerprint density at radius 1 is 1.24 bits per heavy atom. The van der Waals surface area contributed by atoms with Gasteiger partial charge < -0.3 is 24.6 Å². The fourth-order valence-electron chi connectivity index (χ4n) is 3.79. The highest BCUT2D eigenvalue weighted by molar-refractivity contribution is 6.34. The number of halogens is 1. The van der Waals surface area contributed by atoms with E-state index < -0.39 is 5.97 Å². The first-order chi connectivity index (χ1) is 14.0. The Morgan fingerprint density at radius 3 is 2.66 bits per heavy atom. The van der Waals surface area contributed by atoms with Gasteiger partial charge in [-0.1, -0.05) is 18.5 Å². The number of nitrogens with zero attached hydrogens (tertiary/aromatic N) is 3. The van der Waals surface area contributed by atoms with Gasteiger partial charge in [-0.15, -0.1) is 0 Å². The van der Waals surface area contributed by atoms with Crippen molar-refractivity contribution in [2.75, 3.05) is 44.7 Å². The van der Waals surface area contributed by atoms with Crippen LogP contribution in [0.5, 0.6) is 5.88 Å². The first-order valence-corrected chi connectivity index (χ1v) is 9.96. The van der Waals surface area contributed by atoms with E-state index in [9.17, 15) is 9.90 Å². The predicted molar refractivity (Wildman–Crippen MR) is 114 cm³/mol. The molecule has 0 spiro atoms. The molecular formula is C21H23ClN4O3. The van der Waals surface area contributed by atoms with Gasteiger partial charge in [0.2, 0.25) is 5.88 Å². The molecule has 2 N–H and O–H groups in total. The Bertz CT molecular complexity index is 1060.